The Hall–Kier alpha value is -2.69. The number of ether oxygens (including phenoxy) is 5. The van der Waals surface area contributed by atoms with Gasteiger partial charge in [-0.15, -0.1) is 0 Å². The van der Waals surface area contributed by atoms with Crippen LogP contribution in [0.5, 0.6) is 0 Å². The van der Waals surface area contributed by atoms with E-state index >= 15 is 0 Å². The molecule has 0 spiro atoms. The highest BCUT2D eigenvalue weighted by Crippen LogP contribution is 2.62. The Balaban J connectivity index is 0. The van der Waals surface area contributed by atoms with Crippen LogP contribution in [0.15, 0.2) is 0 Å². The first kappa shape index (κ1) is 77.4. The number of fused-ring (bicyclic) bond motifs is 5. The van der Waals surface area contributed by atoms with E-state index in [0.29, 0.717) is 55.5 Å². The van der Waals surface area contributed by atoms with E-state index in [-0.39, 0.29) is 111 Å². The first-order chi connectivity index (χ1) is 32.6. The molecule has 8 atom stereocenters. The molecule has 1 heterocycles. The third-order valence-corrected chi connectivity index (χ3v) is 20.9. The maximum atomic E-state index is 12.5. The molecule has 1 saturated heterocycles. The minimum atomic E-state index is -0.687. The van der Waals surface area contributed by atoms with Gasteiger partial charge in [-0.05, 0) is 237 Å². The van der Waals surface area contributed by atoms with Crippen molar-refractivity contribution in [2.24, 2.45) is 80.8 Å². The average Bonchev–Trinajstić information content (AvgIpc) is 4.10. The third kappa shape index (κ3) is 16.3. The molecule has 0 aromatic carbocycles. The fraction of sp³-hybridized carbons (Fsp3) is 0.925. The normalized spacial score (nSPS) is 35.3. The zero-order valence-corrected chi connectivity index (χ0v) is 46.0. The number of hydrogen-bond acceptors (Lipinski definition) is 11. The van der Waals surface area contributed by atoms with Crippen molar-refractivity contribution in [2.45, 2.75) is 313 Å². The van der Waals surface area contributed by atoms with E-state index in [1.807, 2.05) is 55.4 Å². The molecular formula is C67H128O11. The number of carbonyl (C=O) groups is 5. The molecule has 10 bridgehead atoms. The number of rotatable bonds is 12. The molecule has 0 aromatic heterocycles. The fourth-order valence-corrected chi connectivity index (χ4v) is 15.1. The molecule has 12 rings (SSSR count). The van der Waals surface area contributed by atoms with Crippen molar-refractivity contribution in [2.75, 3.05) is 6.61 Å². The second-order valence-electron chi connectivity index (χ2n) is 27.5. The molecule has 11 saturated carbocycles. The highest BCUT2D eigenvalue weighted by molar-refractivity contribution is 5.83. The minimum absolute atomic E-state index is 0. The van der Waals surface area contributed by atoms with Crippen LogP contribution in [0.3, 0.4) is 0 Å². The molecule has 0 radical (unpaired) electrons. The molecule has 78 heavy (non-hydrogen) atoms. The first-order valence-corrected chi connectivity index (χ1v) is 28.4. The van der Waals surface area contributed by atoms with Crippen LogP contribution in [0.1, 0.15) is 284 Å². The number of hydrogen-bond donors (Lipinski definition) is 1. The molecule has 11 heteroatoms. The maximum absolute atomic E-state index is 12.5. The SMILES string of the molecule is C.C.C.C.C.C.C.C.CCC(C)(C)C(=O)OC1(C)C2CC3CC(C2)CC1C3.CCC(C)(C)C(=O)OC12CC3CC(CC(O)(C3)C1)C2.CCC(C)(C)C(=O)OC1CC2CC1C1CCCC21.CCC(C)(C)C(=O)OC1CCOC1=O. The van der Waals surface area contributed by atoms with Crippen molar-refractivity contribution in [1.29, 1.82) is 0 Å². The lowest BCUT2D eigenvalue weighted by molar-refractivity contribution is -0.225. The van der Waals surface area contributed by atoms with Gasteiger partial charge in [-0.3, -0.25) is 19.2 Å². The van der Waals surface area contributed by atoms with Crippen LogP contribution >= 0.6 is 0 Å². The molecule has 462 valence electrons. The van der Waals surface area contributed by atoms with Crippen molar-refractivity contribution >= 4 is 29.8 Å². The van der Waals surface area contributed by atoms with Crippen LogP contribution in [0.4, 0.5) is 0 Å². The standard InChI is InChI=1S/C17H28O2.C16H26O3.C16H26O2.C10H16O4.8CH4/c1-5-16(2,3)15(18)19-17(4)13-7-11-6-12(9-13)10-14(17)8-11;1-4-14(2,3)13(17)19-16-8-11-5-12(9-16)7-15(18,6-11)10-16;1-4-16(2,3)15(17)18-14-9-10-8-13(14)12-7-5-6-11(10)12;1-4-10(2,3)9(12)14-7-5-6-13-8(7)11;;;;;;;;/h11-14H,5-10H2,1-4H3;11-12,18H,4-10H2,1-3H3;10-14H,4-9H2,1-3H3;7H,4-6H2,1-3H3;8*1H4. The molecule has 1 aliphatic heterocycles. The Kier molecular flexibility index (Phi) is 28.8. The number of carbonyl (C=O) groups excluding carboxylic acids is 5. The van der Waals surface area contributed by atoms with Gasteiger partial charge >= 0.3 is 29.8 Å². The second kappa shape index (κ2) is 29.0. The van der Waals surface area contributed by atoms with Gasteiger partial charge in [0, 0.05) is 12.8 Å². The summed E-state index contributed by atoms with van der Waals surface area (Å²) in [7, 11) is 0. The van der Waals surface area contributed by atoms with Crippen LogP contribution in [0.2, 0.25) is 0 Å². The average molecular weight is 1110 g/mol. The van der Waals surface area contributed by atoms with Gasteiger partial charge in [0.05, 0.1) is 33.9 Å². The van der Waals surface area contributed by atoms with E-state index in [1.54, 1.807) is 13.8 Å². The zero-order chi connectivity index (χ0) is 51.4. The number of aliphatic hydroxyl groups is 1. The van der Waals surface area contributed by atoms with Gasteiger partial charge in [-0.1, -0.05) is 93.5 Å². The predicted molar refractivity (Wildman–Crippen MR) is 323 cm³/mol. The van der Waals surface area contributed by atoms with Crippen LogP contribution in [0.25, 0.3) is 0 Å². The molecule has 1 N–H and O–H groups in total. The van der Waals surface area contributed by atoms with E-state index in [1.165, 1.54) is 64.2 Å². The molecule has 12 fully saturated rings. The predicted octanol–water partition coefficient (Wildman–Crippen LogP) is 17.4. The number of esters is 5. The minimum Gasteiger partial charge on any atom is -0.463 e. The summed E-state index contributed by atoms with van der Waals surface area (Å²) in [6, 6.07) is 0. The second-order valence-corrected chi connectivity index (χ2v) is 27.5. The molecule has 11 aliphatic carbocycles. The maximum Gasteiger partial charge on any atom is 0.347 e. The van der Waals surface area contributed by atoms with Gasteiger partial charge in [-0.25, -0.2) is 4.79 Å². The first-order valence-electron chi connectivity index (χ1n) is 28.4. The summed E-state index contributed by atoms with van der Waals surface area (Å²) in [5.74, 6) is 6.84. The van der Waals surface area contributed by atoms with E-state index < -0.39 is 28.5 Å². The quantitative estimate of drug-likeness (QED) is 0.147. The van der Waals surface area contributed by atoms with E-state index in [0.717, 1.165) is 81.0 Å². The van der Waals surface area contributed by atoms with Crippen molar-refractivity contribution in [3.63, 3.8) is 0 Å². The molecule has 11 nitrogen and oxygen atoms in total. The summed E-state index contributed by atoms with van der Waals surface area (Å²) in [6.45, 7) is 26.2. The van der Waals surface area contributed by atoms with Gasteiger partial charge in [0.15, 0.2) is 0 Å². The Morgan fingerprint density at radius 2 is 0.949 bits per heavy atom. The Labute approximate surface area is 481 Å². The van der Waals surface area contributed by atoms with E-state index in [2.05, 4.69) is 20.8 Å². The summed E-state index contributed by atoms with van der Waals surface area (Å²) < 4.78 is 27.7. The van der Waals surface area contributed by atoms with Crippen molar-refractivity contribution in [3.05, 3.63) is 0 Å². The van der Waals surface area contributed by atoms with Crippen LogP contribution in [-0.2, 0) is 47.7 Å². The molecule has 8 unspecified atom stereocenters. The summed E-state index contributed by atoms with van der Waals surface area (Å²) >= 11 is 0. The van der Waals surface area contributed by atoms with Gasteiger partial charge in [-0.2, -0.15) is 0 Å². The van der Waals surface area contributed by atoms with Gasteiger partial charge < -0.3 is 28.8 Å². The highest BCUT2D eigenvalue weighted by atomic mass is 16.6. The third-order valence-electron chi connectivity index (χ3n) is 20.9. The Bertz CT molecular complexity index is 1870. The van der Waals surface area contributed by atoms with Gasteiger partial charge in [0.2, 0.25) is 6.10 Å². The molecule has 0 amide bonds. The number of cyclic esters (lactones) is 1. The molecule has 0 aromatic rings. The van der Waals surface area contributed by atoms with Crippen molar-refractivity contribution < 1.29 is 52.8 Å². The zero-order valence-electron chi connectivity index (χ0n) is 46.0. The van der Waals surface area contributed by atoms with Crippen molar-refractivity contribution in [1.82, 2.24) is 0 Å². The lowest BCUT2D eigenvalue weighted by Crippen LogP contribution is -2.61. The van der Waals surface area contributed by atoms with E-state index in [9.17, 15) is 29.1 Å². The van der Waals surface area contributed by atoms with Crippen molar-refractivity contribution in [3.8, 4) is 0 Å². The van der Waals surface area contributed by atoms with Gasteiger partial charge in [0.1, 0.15) is 17.3 Å². The monoisotopic (exact) mass is 1110 g/mol. The largest absolute Gasteiger partial charge is 0.463 e. The topological polar surface area (TPSA) is 152 Å². The highest BCUT2D eigenvalue weighted by Gasteiger charge is 2.61. The molecule has 12 aliphatic rings. The lowest BCUT2D eigenvalue weighted by Gasteiger charge is -2.59. The van der Waals surface area contributed by atoms with E-state index in [4.69, 9.17) is 23.7 Å². The summed E-state index contributed by atoms with van der Waals surface area (Å²) in [6.07, 6.45) is 22.2. The molecular weight excluding hydrogens is 981 g/mol. The van der Waals surface area contributed by atoms with Crippen LogP contribution in [0, 0.1) is 80.8 Å². The smallest absolute Gasteiger partial charge is 0.347 e. The van der Waals surface area contributed by atoms with Crippen LogP contribution < -0.4 is 0 Å². The summed E-state index contributed by atoms with van der Waals surface area (Å²) in [5, 5.41) is 10.6. The lowest BCUT2D eigenvalue weighted by atomic mass is 9.50. The van der Waals surface area contributed by atoms with Gasteiger partial charge in [0.25, 0.3) is 0 Å². The Morgan fingerprint density at radius 1 is 0.526 bits per heavy atom. The Morgan fingerprint density at radius 3 is 1.38 bits per heavy atom. The van der Waals surface area contributed by atoms with Crippen LogP contribution in [-0.4, -0.2) is 70.6 Å². The summed E-state index contributed by atoms with van der Waals surface area (Å²) in [5.41, 5.74) is -2.66. The fourth-order valence-electron chi connectivity index (χ4n) is 15.1. The summed E-state index contributed by atoms with van der Waals surface area (Å²) in [4.78, 5) is 59.6.